The Balaban J connectivity index is 1.92. The van der Waals surface area contributed by atoms with Gasteiger partial charge >= 0.3 is 0 Å². The van der Waals surface area contributed by atoms with Gasteiger partial charge in [0.1, 0.15) is 25.9 Å². The van der Waals surface area contributed by atoms with Gasteiger partial charge in [0.15, 0.2) is 7.14 Å². The minimum Gasteiger partial charge on any atom is -0.362 e. The van der Waals surface area contributed by atoms with Gasteiger partial charge in [0.25, 0.3) is 0 Å². The molecule has 38 heavy (non-hydrogen) atoms. The zero-order chi connectivity index (χ0) is 26.9. The maximum Gasteiger partial charge on any atom is 0.186 e. The molecule has 0 saturated carbocycles. The van der Waals surface area contributed by atoms with Gasteiger partial charge in [-0.25, -0.2) is 9.97 Å². The molecule has 0 saturated heterocycles. The summed E-state index contributed by atoms with van der Waals surface area (Å²) in [4.78, 5) is 9.51. The van der Waals surface area contributed by atoms with Crippen molar-refractivity contribution in [3.05, 3.63) is 103 Å². The first-order valence-electron chi connectivity index (χ1n) is 13.0. The van der Waals surface area contributed by atoms with Crippen LogP contribution < -0.4 is 16.0 Å². The van der Waals surface area contributed by atoms with E-state index in [9.17, 15) is 0 Å². The van der Waals surface area contributed by atoms with Crippen molar-refractivity contribution in [2.45, 2.75) is 39.3 Å². The molecule has 2 aromatic heterocycles. The van der Waals surface area contributed by atoms with Crippen molar-refractivity contribution in [3.63, 3.8) is 0 Å². The van der Waals surface area contributed by atoms with Crippen LogP contribution in [-0.4, -0.2) is 29.2 Å². The number of nitrogens with zero attached hydrogens (tertiary/aromatic N) is 3. The lowest BCUT2D eigenvalue weighted by molar-refractivity contribution is 0.0684. The highest BCUT2D eigenvalue weighted by Gasteiger charge is 2.40. The maximum atomic E-state index is 15.6. The summed E-state index contributed by atoms with van der Waals surface area (Å²) in [5.41, 5.74) is 4.48. The Bertz CT molecular complexity index is 1550. The number of hydrogen-bond acceptors (Lipinski definition) is 4. The van der Waals surface area contributed by atoms with Crippen molar-refractivity contribution in [1.82, 2.24) is 14.5 Å². The van der Waals surface area contributed by atoms with Crippen LogP contribution in [-0.2, 0) is 9.30 Å². The predicted octanol–water partition coefficient (Wildman–Crippen LogP) is 6.46. The number of benzene rings is 3. The van der Waals surface area contributed by atoms with Crippen LogP contribution >= 0.6 is 7.14 Å². The molecule has 3 aromatic carbocycles. The predicted molar refractivity (Wildman–Crippen MR) is 161 cm³/mol. The molecule has 1 unspecified atom stereocenters. The molecule has 0 radical (unpaired) electrons. The number of rotatable bonds is 8. The van der Waals surface area contributed by atoms with Crippen LogP contribution in [0.1, 0.15) is 18.3 Å². The van der Waals surface area contributed by atoms with E-state index in [-0.39, 0.29) is 5.85 Å². The Labute approximate surface area is 225 Å². The number of fused-ring (bicyclic) bond motifs is 1. The first-order valence-corrected chi connectivity index (χ1v) is 18.3. The second-order valence-corrected chi connectivity index (χ2v) is 18.6. The molecular weight excluding hydrogens is 505 g/mol. The zero-order valence-electron chi connectivity index (χ0n) is 22.6. The van der Waals surface area contributed by atoms with Gasteiger partial charge < -0.3 is 9.30 Å². The van der Waals surface area contributed by atoms with Gasteiger partial charge in [0, 0.05) is 28.2 Å². The third-order valence-corrected chi connectivity index (χ3v) is 11.7. The Morgan fingerprint density at radius 2 is 1.45 bits per heavy atom. The van der Waals surface area contributed by atoms with E-state index in [0.717, 1.165) is 38.3 Å². The lowest BCUT2D eigenvalue weighted by atomic mass is 10.1. The Hall–Kier alpha value is -3.31. The minimum atomic E-state index is -3.32. The van der Waals surface area contributed by atoms with Crippen LogP contribution in [0.3, 0.4) is 0 Å². The van der Waals surface area contributed by atoms with Gasteiger partial charge in [0.05, 0.1) is 11.1 Å². The molecule has 0 N–H and O–H groups in total. The molecule has 7 heteroatoms. The second-order valence-electron chi connectivity index (χ2n) is 10.7. The third-order valence-electron chi connectivity index (χ3n) is 6.80. The van der Waals surface area contributed by atoms with Crippen LogP contribution in [0.4, 0.5) is 0 Å². The fourth-order valence-corrected chi connectivity index (χ4v) is 9.63. The average Bonchev–Trinajstić information content (AvgIpc) is 3.32. The molecule has 5 aromatic rings. The van der Waals surface area contributed by atoms with Gasteiger partial charge in [-0.2, -0.15) is 0 Å². The van der Waals surface area contributed by atoms with E-state index < -0.39 is 15.2 Å². The fraction of sp³-hybridized carbons (Fsp3) is 0.226. The lowest BCUT2D eigenvalue weighted by Gasteiger charge is -2.33. The lowest BCUT2D eigenvalue weighted by Crippen LogP contribution is -2.42. The van der Waals surface area contributed by atoms with Crippen molar-refractivity contribution in [2.75, 3.05) is 6.61 Å². The van der Waals surface area contributed by atoms with Crippen molar-refractivity contribution in [1.29, 1.82) is 0 Å². The topological polar surface area (TPSA) is 57.0 Å². The van der Waals surface area contributed by atoms with Crippen molar-refractivity contribution in [3.8, 4) is 11.3 Å². The maximum absolute atomic E-state index is 15.6. The Kier molecular flexibility index (Phi) is 7.23. The molecule has 5 rings (SSSR count). The van der Waals surface area contributed by atoms with Crippen LogP contribution in [0.15, 0.2) is 97.3 Å². The highest BCUT2D eigenvalue weighted by atomic mass is 31.2. The molecule has 2 heterocycles. The molecule has 0 spiro atoms. The highest BCUT2D eigenvalue weighted by Crippen LogP contribution is 2.46. The fourth-order valence-electron chi connectivity index (χ4n) is 4.99. The summed E-state index contributed by atoms with van der Waals surface area (Å²) in [7, 11) is -5.30. The Morgan fingerprint density at radius 1 is 0.868 bits per heavy atom. The van der Waals surface area contributed by atoms with Gasteiger partial charge in [-0.15, -0.1) is 0 Å². The number of aromatic nitrogens is 3. The minimum absolute atomic E-state index is 0.262. The van der Waals surface area contributed by atoms with E-state index in [4.69, 9.17) is 14.7 Å². The molecule has 194 valence electrons. The average molecular weight is 540 g/mol. The quantitative estimate of drug-likeness (QED) is 0.168. The van der Waals surface area contributed by atoms with E-state index in [1.165, 1.54) is 5.56 Å². The van der Waals surface area contributed by atoms with Crippen LogP contribution in [0, 0.1) is 6.92 Å². The molecular formula is C31H34N3O2PSi. The first-order chi connectivity index (χ1) is 18.2. The van der Waals surface area contributed by atoms with E-state index >= 15 is 4.57 Å². The zero-order valence-corrected chi connectivity index (χ0v) is 24.5. The summed E-state index contributed by atoms with van der Waals surface area (Å²) < 4.78 is 24.2. The first kappa shape index (κ1) is 26.3. The van der Waals surface area contributed by atoms with Crippen LogP contribution in [0.2, 0.25) is 19.6 Å². The van der Waals surface area contributed by atoms with E-state index in [1.54, 1.807) is 6.33 Å². The molecule has 5 nitrogen and oxygen atoms in total. The van der Waals surface area contributed by atoms with Crippen LogP contribution in [0.5, 0.6) is 0 Å². The molecule has 0 aliphatic heterocycles. The summed E-state index contributed by atoms with van der Waals surface area (Å²) in [6.45, 7) is 11.5. The van der Waals surface area contributed by atoms with Gasteiger partial charge in [-0.3, -0.25) is 4.57 Å². The SMILES string of the molecule is CCOC(n1c(P(=O)(c2ccccc2)c2ccccc2)cc2c(-c3ccc(C)cc3)ncnc21)[Si](C)(C)C. The molecule has 0 amide bonds. The van der Waals surface area contributed by atoms with Gasteiger partial charge in [0.2, 0.25) is 0 Å². The van der Waals surface area contributed by atoms with Gasteiger partial charge in [-0.05, 0) is 19.9 Å². The van der Waals surface area contributed by atoms with Crippen molar-refractivity contribution >= 4 is 42.3 Å². The number of hydrogen-bond donors (Lipinski definition) is 0. The van der Waals surface area contributed by atoms with E-state index in [2.05, 4.69) is 61.5 Å². The smallest absolute Gasteiger partial charge is 0.186 e. The molecule has 0 aliphatic rings. The summed E-state index contributed by atoms with van der Waals surface area (Å²) in [5.74, 6) is -0.262. The second kappa shape index (κ2) is 10.5. The Morgan fingerprint density at radius 3 is 1.97 bits per heavy atom. The van der Waals surface area contributed by atoms with Crippen LogP contribution in [0.25, 0.3) is 22.3 Å². The number of ether oxygens (including phenoxy) is 1. The summed E-state index contributed by atoms with van der Waals surface area (Å²) in [6.07, 6.45) is 1.61. The monoisotopic (exact) mass is 539 g/mol. The molecule has 0 fully saturated rings. The van der Waals surface area contributed by atoms with Crippen molar-refractivity contribution < 1.29 is 9.30 Å². The molecule has 0 bridgehead atoms. The normalized spacial score (nSPS) is 13.1. The summed E-state index contributed by atoms with van der Waals surface area (Å²) in [5, 5.41) is 2.44. The molecule has 1 atom stereocenters. The number of aryl methyl sites for hydroxylation is 1. The summed E-state index contributed by atoms with van der Waals surface area (Å²) >= 11 is 0. The third kappa shape index (κ3) is 4.69. The van der Waals surface area contributed by atoms with E-state index in [0.29, 0.717) is 6.61 Å². The summed E-state index contributed by atoms with van der Waals surface area (Å²) in [6, 6.07) is 30.0. The largest absolute Gasteiger partial charge is 0.362 e. The van der Waals surface area contributed by atoms with Crippen molar-refractivity contribution in [2.24, 2.45) is 0 Å². The highest BCUT2D eigenvalue weighted by molar-refractivity contribution is 7.85. The van der Waals surface area contributed by atoms with Gasteiger partial charge in [-0.1, -0.05) is 110 Å². The standard InChI is InChI=1S/C31H34N3O2PSi/c1-6-36-31(38(3,4)5)34-28(37(35,25-13-9-7-10-14-25)26-15-11-8-12-16-26)21-27-29(32-22-33-30(27)34)24-19-17-23(2)18-20-24/h7-22,31H,6H2,1-5H3. The van der Waals surface area contributed by atoms with E-state index in [1.807, 2.05) is 67.6 Å². The molecule has 0 aliphatic carbocycles.